The number of anilines is 3. The van der Waals surface area contributed by atoms with Crippen molar-refractivity contribution in [3.63, 3.8) is 0 Å². The largest absolute Gasteiger partial charge is 0.488 e. The van der Waals surface area contributed by atoms with E-state index in [9.17, 15) is 14.4 Å². The average Bonchev–Trinajstić information content (AvgIpc) is 3.90. The summed E-state index contributed by atoms with van der Waals surface area (Å²) in [5.41, 5.74) is 10.1. The molecule has 1 saturated carbocycles. The number of fused-ring (bicyclic) bond motifs is 1. The lowest BCUT2D eigenvalue weighted by Crippen LogP contribution is -2.61. The van der Waals surface area contributed by atoms with Crippen LogP contribution >= 0.6 is 0 Å². The molecular weight excluding hydrogens is 800 g/mol. The first-order valence-electron chi connectivity index (χ1n) is 22.9. The zero-order valence-corrected chi connectivity index (χ0v) is 37.7. The quantitative estimate of drug-likeness (QED) is 0.101. The summed E-state index contributed by atoms with van der Waals surface area (Å²) in [4.78, 5) is 57.5. The summed E-state index contributed by atoms with van der Waals surface area (Å²) in [5.74, 6) is 1.60. The summed E-state index contributed by atoms with van der Waals surface area (Å²) >= 11 is 0. The van der Waals surface area contributed by atoms with Crippen molar-refractivity contribution in [3.8, 4) is 5.75 Å². The number of aldehydes is 1. The number of likely N-dealkylation sites (N-methyl/N-ethyl adjacent to an activating group) is 1. The zero-order valence-electron chi connectivity index (χ0n) is 37.7. The summed E-state index contributed by atoms with van der Waals surface area (Å²) < 4.78 is 22.4. The Kier molecular flexibility index (Phi) is 12.8. The standard InChI is InChI=1S/C48H65FN10O4/c1-31-23-40(43(49)36-28-59(46(62)42(31)36)39(7-6-22-60)45(61)52-5)56-16-10-32(11-17-56)26-55-20-21-58(47(2,3)29-55)27-33-12-18-57(19-13-33)41-25-38(53-30-54-41)44(51)35-24-34(8-9-37(35)50)63-48(4)14-15-48/h8-9,22-25,30,32-33,39,51H,6-7,10-21,26-29,50H2,1-5H3,(H,52,61). The van der Waals surface area contributed by atoms with Gasteiger partial charge in [0.2, 0.25) is 5.91 Å². The molecule has 1 aromatic heterocycles. The van der Waals surface area contributed by atoms with Gasteiger partial charge in [-0.05, 0) is 114 Å². The maximum absolute atomic E-state index is 16.3. The average molecular weight is 865 g/mol. The van der Waals surface area contributed by atoms with Gasteiger partial charge in [-0.1, -0.05) is 0 Å². The molecule has 1 aliphatic carbocycles. The van der Waals surface area contributed by atoms with Crippen molar-refractivity contribution in [3.05, 3.63) is 70.4 Å². The first kappa shape index (κ1) is 44.5. The number of aryl methyl sites for hydroxylation is 1. The lowest BCUT2D eigenvalue weighted by Gasteiger charge is -2.50. The van der Waals surface area contributed by atoms with Crippen LogP contribution in [-0.4, -0.2) is 132 Å². The van der Waals surface area contributed by atoms with E-state index in [-0.39, 0.29) is 53.9 Å². The second-order valence-corrected chi connectivity index (χ2v) is 19.5. The van der Waals surface area contributed by atoms with Gasteiger partial charge in [0, 0.05) is 101 Å². The molecule has 4 N–H and O–H groups in total. The topological polar surface area (TPSA) is 164 Å². The van der Waals surface area contributed by atoms with Crippen molar-refractivity contribution in [2.24, 2.45) is 11.8 Å². The normalized spacial score (nSPS) is 21.0. The number of nitrogens with zero attached hydrogens (tertiary/aromatic N) is 7. The molecule has 14 nitrogen and oxygen atoms in total. The highest BCUT2D eigenvalue weighted by molar-refractivity contribution is 6.13. The summed E-state index contributed by atoms with van der Waals surface area (Å²) in [6.07, 6.45) is 8.77. The summed E-state index contributed by atoms with van der Waals surface area (Å²) in [6.45, 7) is 17.2. The summed E-state index contributed by atoms with van der Waals surface area (Å²) in [5, 5.41) is 11.6. The van der Waals surface area contributed by atoms with Crippen LogP contribution in [0, 0.1) is 30.0 Å². The van der Waals surface area contributed by atoms with Crippen molar-refractivity contribution in [2.75, 3.05) is 81.5 Å². The van der Waals surface area contributed by atoms with E-state index in [0.29, 0.717) is 51.2 Å². The van der Waals surface area contributed by atoms with E-state index in [4.69, 9.17) is 15.9 Å². The Labute approximate surface area is 371 Å². The fraction of sp³-hybridized carbons (Fsp3) is 0.583. The fourth-order valence-electron chi connectivity index (χ4n) is 10.3. The Balaban J connectivity index is 0.805. The maximum Gasteiger partial charge on any atom is 0.255 e. The van der Waals surface area contributed by atoms with Gasteiger partial charge >= 0.3 is 0 Å². The number of hydrogen-bond acceptors (Lipinski definition) is 12. The molecule has 0 radical (unpaired) electrons. The lowest BCUT2D eigenvalue weighted by molar-refractivity contribution is -0.125. The van der Waals surface area contributed by atoms with Crippen LogP contribution in [0.1, 0.15) is 105 Å². The zero-order chi connectivity index (χ0) is 44.6. The fourth-order valence-corrected chi connectivity index (χ4v) is 10.3. The lowest BCUT2D eigenvalue weighted by atomic mass is 9.90. The van der Waals surface area contributed by atoms with Crippen LogP contribution in [-0.2, 0) is 16.1 Å². The molecule has 5 heterocycles. The van der Waals surface area contributed by atoms with Gasteiger partial charge in [0.15, 0.2) is 5.82 Å². The van der Waals surface area contributed by atoms with E-state index in [1.807, 2.05) is 25.1 Å². The number of nitrogens with one attached hydrogen (secondary N) is 2. The minimum Gasteiger partial charge on any atom is -0.488 e. The first-order chi connectivity index (χ1) is 30.2. The minimum absolute atomic E-state index is 0.0171. The molecule has 2 aromatic carbocycles. The third-order valence-electron chi connectivity index (χ3n) is 14.4. The van der Waals surface area contributed by atoms with Gasteiger partial charge < -0.3 is 35.3 Å². The monoisotopic (exact) mass is 865 g/mol. The Hall–Kier alpha value is -5.15. The smallest absolute Gasteiger partial charge is 0.255 e. The van der Waals surface area contributed by atoms with Crippen molar-refractivity contribution in [2.45, 2.75) is 103 Å². The Morgan fingerprint density at radius 1 is 1.00 bits per heavy atom. The van der Waals surface area contributed by atoms with E-state index in [0.717, 1.165) is 115 Å². The number of rotatable bonds is 15. The van der Waals surface area contributed by atoms with Crippen molar-refractivity contribution in [1.82, 2.24) is 30.0 Å². The summed E-state index contributed by atoms with van der Waals surface area (Å²) in [7, 11) is 1.50. The van der Waals surface area contributed by atoms with E-state index in [1.165, 1.54) is 11.9 Å². The number of piperidine rings is 2. The van der Waals surface area contributed by atoms with E-state index >= 15 is 4.39 Å². The van der Waals surface area contributed by atoms with Crippen molar-refractivity contribution in [1.29, 1.82) is 5.41 Å². The van der Waals surface area contributed by atoms with Crippen molar-refractivity contribution < 1.29 is 23.5 Å². The van der Waals surface area contributed by atoms with E-state index < -0.39 is 6.04 Å². The number of halogens is 1. The van der Waals surface area contributed by atoms with Crippen molar-refractivity contribution >= 4 is 41.0 Å². The highest BCUT2D eigenvalue weighted by Gasteiger charge is 2.42. The molecule has 338 valence electrons. The molecule has 3 aromatic rings. The second-order valence-electron chi connectivity index (χ2n) is 19.5. The molecule has 8 rings (SSSR count). The number of carbonyl (C=O) groups excluding carboxylic acids is 3. The van der Waals surface area contributed by atoms with E-state index in [1.54, 1.807) is 18.5 Å². The maximum atomic E-state index is 16.3. The molecule has 1 unspecified atom stereocenters. The molecule has 2 amide bonds. The molecule has 0 spiro atoms. The van der Waals surface area contributed by atoms with Crippen LogP contribution in [0.2, 0.25) is 0 Å². The third kappa shape index (κ3) is 9.55. The molecule has 3 saturated heterocycles. The van der Waals surface area contributed by atoms with Crippen LogP contribution in [0.15, 0.2) is 36.7 Å². The van der Waals surface area contributed by atoms with Gasteiger partial charge in [-0.3, -0.25) is 24.8 Å². The highest BCUT2D eigenvalue weighted by Crippen LogP contribution is 2.41. The number of piperazine rings is 1. The SMILES string of the molecule is CNC(=O)C(CCC=O)N1Cc2c(F)c(N3CCC(CN4CCN(CC5CCN(c6cc(C(=N)c7cc(OC8(C)CC8)ccc7N)ncn6)CC5)C(C)(C)C4)CC3)cc(C)c2C1=O. The molecule has 15 heteroatoms. The molecule has 0 bridgehead atoms. The van der Waals surface area contributed by atoms with Gasteiger partial charge in [0.05, 0.1) is 29.2 Å². The number of hydrogen-bond donors (Lipinski definition) is 3. The number of nitrogens with two attached hydrogens (primary N) is 1. The van der Waals surface area contributed by atoms with Crippen LogP contribution in [0.3, 0.4) is 0 Å². The van der Waals surface area contributed by atoms with Crippen LogP contribution in [0.5, 0.6) is 5.75 Å². The first-order valence-corrected chi connectivity index (χ1v) is 22.9. The van der Waals surface area contributed by atoms with Gasteiger partial charge in [-0.15, -0.1) is 0 Å². The molecule has 63 heavy (non-hydrogen) atoms. The molecular formula is C48H65FN10O4. The second kappa shape index (κ2) is 18.1. The van der Waals surface area contributed by atoms with Crippen LogP contribution in [0.25, 0.3) is 0 Å². The van der Waals surface area contributed by atoms with Gasteiger partial charge in [0.1, 0.15) is 35.8 Å². The van der Waals surface area contributed by atoms with Gasteiger partial charge in [0.25, 0.3) is 5.91 Å². The minimum atomic E-state index is -0.829. The molecule has 4 fully saturated rings. The number of carbonyl (C=O) groups is 3. The predicted octanol–water partition coefficient (Wildman–Crippen LogP) is 5.43. The Bertz CT molecular complexity index is 2210. The Morgan fingerprint density at radius 3 is 2.37 bits per heavy atom. The number of benzene rings is 2. The number of amides is 2. The molecule has 5 aliphatic rings. The highest BCUT2D eigenvalue weighted by atomic mass is 19.1. The third-order valence-corrected chi connectivity index (χ3v) is 14.4. The van der Waals surface area contributed by atoms with Crippen LogP contribution in [0.4, 0.5) is 21.6 Å². The van der Waals surface area contributed by atoms with Gasteiger partial charge in [-0.2, -0.15) is 0 Å². The van der Waals surface area contributed by atoms with E-state index in [2.05, 4.69) is 55.7 Å². The number of nitrogen functional groups attached to an aromatic ring is 1. The number of aromatic nitrogens is 2. The predicted molar refractivity (Wildman–Crippen MR) is 243 cm³/mol. The summed E-state index contributed by atoms with van der Waals surface area (Å²) in [6, 6.07) is 8.42. The van der Waals surface area contributed by atoms with Gasteiger partial charge in [-0.25, -0.2) is 14.4 Å². The molecule has 4 aliphatic heterocycles. The Morgan fingerprint density at radius 2 is 1.70 bits per heavy atom. The number of ether oxygens (including phenoxy) is 1. The van der Waals surface area contributed by atoms with Crippen LogP contribution < -0.4 is 25.6 Å². The molecule has 1 atom stereocenters.